The van der Waals surface area contributed by atoms with Crippen LogP contribution in [0.3, 0.4) is 0 Å². The molecule has 1 atom stereocenters. The lowest BCUT2D eigenvalue weighted by Crippen LogP contribution is -2.52. The second kappa shape index (κ2) is 11.6. The number of unbranched alkanes of at least 4 members (excludes halogenated alkanes) is 2. The molecule has 3 heterocycles. The highest BCUT2D eigenvalue weighted by Gasteiger charge is 2.42. The molecule has 2 fully saturated rings. The summed E-state index contributed by atoms with van der Waals surface area (Å²) in [7, 11) is 1.66. The van der Waals surface area contributed by atoms with Crippen molar-refractivity contribution in [2.75, 3.05) is 26.7 Å². The Labute approximate surface area is 230 Å². The maximum atomic E-state index is 13.0. The van der Waals surface area contributed by atoms with Gasteiger partial charge < -0.3 is 19.4 Å². The second-order valence-corrected chi connectivity index (χ2v) is 10.9. The van der Waals surface area contributed by atoms with Gasteiger partial charge in [-0.05, 0) is 73.7 Å². The highest BCUT2D eigenvalue weighted by molar-refractivity contribution is 6.05. The summed E-state index contributed by atoms with van der Waals surface area (Å²) >= 11 is 0. The van der Waals surface area contributed by atoms with Gasteiger partial charge in [-0.25, -0.2) is 6.57 Å². The van der Waals surface area contributed by atoms with Crippen molar-refractivity contribution in [3.8, 4) is 5.75 Å². The summed E-state index contributed by atoms with van der Waals surface area (Å²) in [6.45, 7) is 11.2. The average molecular weight is 529 g/mol. The Morgan fingerprint density at radius 3 is 2.51 bits per heavy atom. The largest absolute Gasteiger partial charge is 0.497 e. The van der Waals surface area contributed by atoms with E-state index in [2.05, 4.69) is 21.1 Å². The molecule has 2 aromatic carbocycles. The Hall–Kier alpha value is -3.70. The first kappa shape index (κ1) is 26.9. The van der Waals surface area contributed by atoms with Gasteiger partial charge in [0.25, 0.3) is 11.4 Å². The van der Waals surface area contributed by atoms with Crippen LogP contribution in [0.25, 0.3) is 4.85 Å². The van der Waals surface area contributed by atoms with Gasteiger partial charge in [-0.15, -0.1) is 0 Å². The fourth-order valence-electron chi connectivity index (χ4n) is 6.22. The minimum atomic E-state index is -0.577. The number of hydrogen-bond donors (Lipinski definition) is 1. The zero-order chi connectivity index (χ0) is 27.4. The highest BCUT2D eigenvalue weighted by atomic mass is 16.5. The number of carbonyl (C=O) groups excluding carboxylic acids is 3. The van der Waals surface area contributed by atoms with Gasteiger partial charge in [-0.3, -0.25) is 19.7 Å². The summed E-state index contributed by atoms with van der Waals surface area (Å²) in [4.78, 5) is 45.1. The van der Waals surface area contributed by atoms with Gasteiger partial charge in [0, 0.05) is 50.0 Å². The zero-order valence-electron chi connectivity index (χ0n) is 22.6. The lowest BCUT2D eigenvalue weighted by atomic mass is 9.81. The van der Waals surface area contributed by atoms with Crippen LogP contribution in [0.5, 0.6) is 5.75 Å². The minimum Gasteiger partial charge on any atom is -0.497 e. The lowest BCUT2D eigenvalue weighted by molar-refractivity contribution is -0.136. The summed E-state index contributed by atoms with van der Waals surface area (Å²) in [6.07, 6.45) is 6.47. The van der Waals surface area contributed by atoms with E-state index >= 15 is 0 Å². The van der Waals surface area contributed by atoms with Gasteiger partial charge in [-0.2, -0.15) is 0 Å². The standard InChI is InChI=1S/C31H36N4O4/c1-32-31(23-10-12-24(39-2)13-11-23)16-19-34(20-17-31)18-5-3-4-7-22-8-6-9-25-26(22)21-35(30(25)38)27-14-15-28(36)33-29(27)37/h6,8-13,27H,3-5,7,14-21H2,2H3,(H,33,36,37). The molecule has 204 valence electrons. The second-order valence-electron chi connectivity index (χ2n) is 10.9. The molecule has 2 saturated heterocycles. The van der Waals surface area contributed by atoms with Crippen molar-refractivity contribution < 1.29 is 19.1 Å². The molecule has 3 aliphatic rings. The molecule has 3 amide bonds. The fourth-order valence-corrected chi connectivity index (χ4v) is 6.22. The van der Waals surface area contributed by atoms with Crippen LogP contribution in [0.2, 0.25) is 0 Å². The predicted molar refractivity (Wildman–Crippen MR) is 147 cm³/mol. The lowest BCUT2D eigenvalue weighted by Gasteiger charge is -2.34. The first-order valence-corrected chi connectivity index (χ1v) is 13.9. The van der Waals surface area contributed by atoms with Crippen LogP contribution in [0.15, 0.2) is 42.5 Å². The SMILES string of the molecule is [C-]#[N+]C1(c2ccc(OC)cc2)CCN(CCCCCc2cccc3c2CN(C2CCC(=O)NC2=O)C3=O)CC1. The Morgan fingerprint density at radius 1 is 1.05 bits per heavy atom. The third kappa shape index (κ3) is 5.55. The Morgan fingerprint density at radius 2 is 1.82 bits per heavy atom. The van der Waals surface area contributed by atoms with Gasteiger partial charge in [0.05, 0.1) is 7.11 Å². The van der Waals surface area contributed by atoms with E-state index in [1.54, 1.807) is 12.0 Å². The van der Waals surface area contributed by atoms with E-state index in [-0.39, 0.29) is 24.1 Å². The van der Waals surface area contributed by atoms with Crippen LogP contribution in [0.1, 0.15) is 72.0 Å². The first-order chi connectivity index (χ1) is 18.9. The molecule has 0 saturated carbocycles. The van der Waals surface area contributed by atoms with Crippen LogP contribution >= 0.6 is 0 Å². The molecule has 1 N–H and O–H groups in total. The first-order valence-electron chi connectivity index (χ1n) is 13.9. The van der Waals surface area contributed by atoms with E-state index in [0.29, 0.717) is 18.5 Å². The molecule has 3 aliphatic heterocycles. The van der Waals surface area contributed by atoms with Gasteiger partial charge in [0.15, 0.2) is 0 Å². The molecule has 0 aromatic heterocycles. The smallest absolute Gasteiger partial charge is 0.260 e. The molecular formula is C31H36N4O4. The zero-order valence-corrected chi connectivity index (χ0v) is 22.6. The molecule has 1 unspecified atom stereocenters. The number of aryl methyl sites for hydroxylation is 1. The number of ether oxygens (including phenoxy) is 1. The quantitative estimate of drug-likeness (QED) is 0.301. The molecule has 39 heavy (non-hydrogen) atoms. The number of nitrogens with zero attached hydrogens (tertiary/aromatic N) is 3. The summed E-state index contributed by atoms with van der Waals surface area (Å²) in [6, 6.07) is 13.2. The highest BCUT2D eigenvalue weighted by Crippen LogP contribution is 2.38. The molecule has 2 aromatic rings. The Kier molecular flexibility index (Phi) is 7.99. The average Bonchev–Trinajstić information content (AvgIpc) is 3.30. The maximum absolute atomic E-state index is 13.0. The molecule has 8 nitrogen and oxygen atoms in total. The molecule has 5 rings (SSSR count). The third-order valence-corrected chi connectivity index (χ3v) is 8.62. The number of piperidine rings is 2. The summed E-state index contributed by atoms with van der Waals surface area (Å²) in [5, 5.41) is 2.37. The van der Waals surface area contributed by atoms with Crippen molar-refractivity contribution in [1.82, 2.24) is 15.1 Å². The number of nitrogens with one attached hydrogen (secondary N) is 1. The molecule has 0 spiro atoms. The summed E-state index contributed by atoms with van der Waals surface area (Å²) in [5.74, 6) is 0.0597. The predicted octanol–water partition coefficient (Wildman–Crippen LogP) is 4.08. The van der Waals surface area contributed by atoms with E-state index in [4.69, 9.17) is 11.3 Å². The summed E-state index contributed by atoms with van der Waals surface area (Å²) in [5.41, 5.74) is 3.54. The minimum absolute atomic E-state index is 0.114. The third-order valence-electron chi connectivity index (χ3n) is 8.62. The van der Waals surface area contributed by atoms with Gasteiger partial charge in [0.2, 0.25) is 11.8 Å². The van der Waals surface area contributed by atoms with Crippen LogP contribution in [-0.2, 0) is 28.1 Å². The number of carbonyl (C=O) groups is 3. The molecule has 0 radical (unpaired) electrons. The number of fused-ring (bicyclic) bond motifs is 1. The van der Waals surface area contributed by atoms with Crippen molar-refractivity contribution >= 4 is 17.7 Å². The Balaban J connectivity index is 1.08. The number of amides is 3. The van der Waals surface area contributed by atoms with Crippen molar-refractivity contribution in [3.05, 3.63) is 76.1 Å². The molecule has 0 aliphatic carbocycles. The van der Waals surface area contributed by atoms with Crippen LogP contribution in [-0.4, -0.2) is 60.3 Å². The summed E-state index contributed by atoms with van der Waals surface area (Å²) < 4.78 is 5.27. The number of hydrogen-bond acceptors (Lipinski definition) is 5. The van der Waals surface area contributed by atoms with E-state index in [0.717, 1.165) is 75.0 Å². The number of benzene rings is 2. The molecule has 8 heteroatoms. The van der Waals surface area contributed by atoms with E-state index in [9.17, 15) is 14.4 Å². The van der Waals surface area contributed by atoms with Crippen LogP contribution < -0.4 is 10.1 Å². The van der Waals surface area contributed by atoms with Gasteiger partial charge in [0.1, 0.15) is 11.8 Å². The van der Waals surface area contributed by atoms with Crippen molar-refractivity contribution in [1.29, 1.82) is 0 Å². The Bertz CT molecular complexity index is 1270. The van der Waals surface area contributed by atoms with Crippen molar-refractivity contribution in [3.63, 3.8) is 0 Å². The molecule has 0 bridgehead atoms. The number of imide groups is 1. The molecular weight excluding hydrogens is 492 g/mol. The van der Waals surface area contributed by atoms with E-state index < -0.39 is 11.6 Å². The fraction of sp³-hybridized carbons (Fsp3) is 0.484. The topological polar surface area (TPSA) is 83.3 Å². The van der Waals surface area contributed by atoms with Gasteiger partial charge >= 0.3 is 0 Å². The van der Waals surface area contributed by atoms with E-state index in [1.165, 1.54) is 5.56 Å². The monoisotopic (exact) mass is 528 g/mol. The van der Waals surface area contributed by atoms with E-state index in [1.807, 2.05) is 36.4 Å². The number of methoxy groups -OCH3 is 1. The van der Waals surface area contributed by atoms with Gasteiger partial charge in [-0.1, -0.05) is 18.6 Å². The van der Waals surface area contributed by atoms with Crippen LogP contribution in [0, 0.1) is 6.57 Å². The maximum Gasteiger partial charge on any atom is 0.260 e. The normalized spacial score (nSPS) is 20.9. The van der Waals surface area contributed by atoms with Crippen LogP contribution in [0.4, 0.5) is 0 Å². The van der Waals surface area contributed by atoms with Crippen molar-refractivity contribution in [2.45, 2.75) is 69.5 Å². The number of likely N-dealkylation sites (tertiary alicyclic amines) is 1. The number of rotatable bonds is 9. The van der Waals surface area contributed by atoms with Crippen molar-refractivity contribution in [2.24, 2.45) is 0 Å².